The highest BCUT2D eigenvalue weighted by Gasteiger charge is 2.17. The van der Waals surface area contributed by atoms with Gasteiger partial charge in [0.2, 0.25) is 0 Å². The zero-order chi connectivity index (χ0) is 10.4. The lowest BCUT2D eigenvalue weighted by molar-refractivity contribution is -0.138. The molecule has 0 saturated carbocycles. The van der Waals surface area contributed by atoms with E-state index in [0.717, 1.165) is 5.56 Å². The number of rotatable bonds is 4. The second kappa shape index (κ2) is 5.45. The van der Waals surface area contributed by atoms with E-state index >= 15 is 0 Å². The number of carbonyl (C=O) groups is 1. The molecule has 1 N–H and O–H groups in total. The molecule has 0 aliphatic heterocycles. The molecule has 1 rings (SSSR count). The van der Waals surface area contributed by atoms with Gasteiger partial charge in [-0.15, -0.1) is 0 Å². The molecule has 1 aromatic rings. The molecule has 0 aromatic heterocycles. The maximum atomic E-state index is 10.9. The predicted octanol–water partition coefficient (Wildman–Crippen LogP) is 3.00. The van der Waals surface area contributed by atoms with Crippen LogP contribution in [0.2, 0.25) is 0 Å². The van der Waals surface area contributed by atoms with Gasteiger partial charge in [0.05, 0.1) is 5.92 Å². The molecule has 0 bridgehead atoms. The van der Waals surface area contributed by atoms with Crippen LogP contribution in [-0.4, -0.2) is 11.1 Å². The van der Waals surface area contributed by atoms with E-state index in [4.69, 9.17) is 16.7 Å². The Morgan fingerprint density at radius 1 is 1.43 bits per heavy atom. The monoisotopic (exact) mass is 210 g/mol. The fraction of sp³-hybridized carbons (Fsp3) is 0.182. The number of benzene rings is 1. The lowest BCUT2D eigenvalue weighted by atomic mass is 9.96. The Balaban J connectivity index is 2.83. The van der Waals surface area contributed by atoms with Crippen molar-refractivity contribution in [1.29, 1.82) is 0 Å². The third-order valence-electron chi connectivity index (χ3n) is 1.96. The lowest BCUT2D eigenvalue weighted by Crippen LogP contribution is -2.10. The minimum absolute atomic E-state index is 0.419. The average Bonchev–Trinajstić information content (AvgIpc) is 2.19. The summed E-state index contributed by atoms with van der Waals surface area (Å²) in [7, 11) is 0. The number of halogens is 1. The largest absolute Gasteiger partial charge is 0.481 e. The normalized spacial score (nSPS) is 12.9. The molecular weight excluding hydrogens is 200 g/mol. The van der Waals surface area contributed by atoms with E-state index in [1.54, 1.807) is 18.2 Å². The predicted molar refractivity (Wildman–Crippen MR) is 56.4 cm³/mol. The Morgan fingerprint density at radius 2 is 2.07 bits per heavy atom. The van der Waals surface area contributed by atoms with E-state index in [1.165, 1.54) is 5.54 Å². The first kappa shape index (κ1) is 10.8. The number of hydrogen-bond acceptors (Lipinski definition) is 1. The summed E-state index contributed by atoms with van der Waals surface area (Å²) in [6, 6.07) is 9.13. The van der Waals surface area contributed by atoms with E-state index in [-0.39, 0.29) is 0 Å². The van der Waals surface area contributed by atoms with Gasteiger partial charge < -0.3 is 5.11 Å². The molecule has 0 aliphatic carbocycles. The molecule has 0 saturated heterocycles. The van der Waals surface area contributed by atoms with Crippen LogP contribution in [0.15, 0.2) is 41.9 Å². The zero-order valence-corrected chi connectivity index (χ0v) is 8.32. The maximum absolute atomic E-state index is 10.9. The first-order chi connectivity index (χ1) is 6.75. The van der Waals surface area contributed by atoms with Crippen LogP contribution >= 0.6 is 11.6 Å². The van der Waals surface area contributed by atoms with Crippen molar-refractivity contribution in [2.75, 3.05) is 0 Å². The SMILES string of the molecule is O=C(O)C(C/C=C/Cl)c1ccccc1. The van der Waals surface area contributed by atoms with Crippen molar-refractivity contribution in [2.45, 2.75) is 12.3 Å². The minimum Gasteiger partial charge on any atom is -0.481 e. The molecular formula is C11H11ClO2. The Hall–Kier alpha value is -1.28. The van der Waals surface area contributed by atoms with Crippen LogP contribution in [0.4, 0.5) is 0 Å². The highest BCUT2D eigenvalue weighted by molar-refractivity contribution is 6.25. The summed E-state index contributed by atoms with van der Waals surface area (Å²) in [5.41, 5.74) is 2.15. The summed E-state index contributed by atoms with van der Waals surface area (Å²) < 4.78 is 0. The Labute approximate surface area is 87.8 Å². The molecule has 14 heavy (non-hydrogen) atoms. The first-order valence-electron chi connectivity index (χ1n) is 4.28. The summed E-state index contributed by atoms with van der Waals surface area (Å²) >= 11 is 5.36. The van der Waals surface area contributed by atoms with Gasteiger partial charge in [0.15, 0.2) is 0 Å². The van der Waals surface area contributed by atoms with Crippen LogP contribution in [0, 0.1) is 0 Å². The molecule has 3 heteroatoms. The van der Waals surface area contributed by atoms with Crippen LogP contribution in [0.1, 0.15) is 17.9 Å². The molecule has 1 unspecified atom stereocenters. The van der Waals surface area contributed by atoms with Crippen molar-refractivity contribution in [3.63, 3.8) is 0 Å². The van der Waals surface area contributed by atoms with Crippen LogP contribution < -0.4 is 0 Å². The highest BCUT2D eigenvalue weighted by Crippen LogP contribution is 2.20. The molecule has 74 valence electrons. The lowest BCUT2D eigenvalue weighted by Gasteiger charge is -2.09. The molecule has 1 aromatic carbocycles. The second-order valence-corrected chi connectivity index (χ2v) is 3.15. The summed E-state index contributed by atoms with van der Waals surface area (Å²) in [6.45, 7) is 0. The Bertz CT molecular complexity index is 319. The fourth-order valence-corrected chi connectivity index (χ4v) is 1.36. The number of hydrogen-bond donors (Lipinski definition) is 1. The fourth-order valence-electron chi connectivity index (χ4n) is 1.25. The maximum Gasteiger partial charge on any atom is 0.311 e. The summed E-state index contributed by atoms with van der Waals surface area (Å²) in [5.74, 6) is -1.34. The van der Waals surface area contributed by atoms with Gasteiger partial charge >= 0.3 is 5.97 Å². The third-order valence-corrected chi connectivity index (χ3v) is 2.14. The molecule has 0 aliphatic rings. The van der Waals surface area contributed by atoms with Crippen molar-refractivity contribution in [2.24, 2.45) is 0 Å². The average molecular weight is 211 g/mol. The van der Waals surface area contributed by atoms with Gasteiger partial charge in [0.1, 0.15) is 0 Å². The van der Waals surface area contributed by atoms with Gasteiger partial charge in [0, 0.05) is 5.54 Å². The third kappa shape index (κ3) is 2.89. The Morgan fingerprint density at radius 3 is 2.57 bits per heavy atom. The number of carboxylic acid groups (broad SMARTS) is 1. The number of aliphatic carboxylic acids is 1. The summed E-state index contributed by atoms with van der Waals surface area (Å²) in [5, 5.41) is 8.98. The van der Waals surface area contributed by atoms with Gasteiger partial charge in [-0.05, 0) is 12.0 Å². The van der Waals surface area contributed by atoms with Crippen LogP contribution in [0.5, 0.6) is 0 Å². The highest BCUT2D eigenvalue weighted by atomic mass is 35.5. The standard InChI is InChI=1S/C11H11ClO2/c12-8-4-7-10(11(13)14)9-5-2-1-3-6-9/h1-6,8,10H,7H2,(H,13,14)/b8-4+. The number of carboxylic acids is 1. The minimum atomic E-state index is -0.828. The van der Waals surface area contributed by atoms with Crippen molar-refractivity contribution in [1.82, 2.24) is 0 Å². The molecule has 2 nitrogen and oxygen atoms in total. The van der Waals surface area contributed by atoms with Crippen molar-refractivity contribution in [3.8, 4) is 0 Å². The van der Waals surface area contributed by atoms with Gasteiger partial charge in [0.25, 0.3) is 0 Å². The molecule has 1 atom stereocenters. The molecule has 0 spiro atoms. The van der Waals surface area contributed by atoms with Crippen LogP contribution in [0.3, 0.4) is 0 Å². The van der Waals surface area contributed by atoms with Crippen LogP contribution in [0.25, 0.3) is 0 Å². The van der Waals surface area contributed by atoms with Gasteiger partial charge in [-0.2, -0.15) is 0 Å². The summed E-state index contributed by atoms with van der Waals surface area (Å²) in [6.07, 6.45) is 2.07. The van der Waals surface area contributed by atoms with E-state index in [2.05, 4.69) is 0 Å². The zero-order valence-electron chi connectivity index (χ0n) is 7.56. The second-order valence-electron chi connectivity index (χ2n) is 2.90. The van der Waals surface area contributed by atoms with Crippen molar-refractivity contribution in [3.05, 3.63) is 47.5 Å². The van der Waals surface area contributed by atoms with E-state index in [9.17, 15) is 4.79 Å². The molecule has 0 heterocycles. The van der Waals surface area contributed by atoms with Crippen molar-refractivity contribution >= 4 is 17.6 Å². The summed E-state index contributed by atoms with van der Waals surface area (Å²) in [4.78, 5) is 10.9. The van der Waals surface area contributed by atoms with E-state index < -0.39 is 11.9 Å². The van der Waals surface area contributed by atoms with Crippen molar-refractivity contribution < 1.29 is 9.90 Å². The topological polar surface area (TPSA) is 37.3 Å². The quantitative estimate of drug-likeness (QED) is 0.830. The van der Waals surface area contributed by atoms with E-state index in [1.807, 2.05) is 18.2 Å². The Kier molecular flexibility index (Phi) is 4.20. The van der Waals surface area contributed by atoms with Crippen LogP contribution in [-0.2, 0) is 4.79 Å². The molecule has 0 amide bonds. The van der Waals surface area contributed by atoms with Gasteiger partial charge in [-0.3, -0.25) is 4.79 Å². The molecule has 0 fully saturated rings. The van der Waals surface area contributed by atoms with E-state index in [0.29, 0.717) is 6.42 Å². The van der Waals surface area contributed by atoms with Gasteiger partial charge in [-0.1, -0.05) is 48.0 Å². The number of allylic oxidation sites excluding steroid dienone is 1. The smallest absolute Gasteiger partial charge is 0.311 e. The van der Waals surface area contributed by atoms with Gasteiger partial charge in [-0.25, -0.2) is 0 Å². The molecule has 0 radical (unpaired) electrons. The first-order valence-corrected chi connectivity index (χ1v) is 4.72.